The lowest BCUT2D eigenvalue weighted by Gasteiger charge is -2.19. The monoisotopic (exact) mass is 210 g/mol. The molecule has 0 saturated heterocycles. The van der Waals surface area contributed by atoms with Crippen molar-refractivity contribution in [3.63, 3.8) is 0 Å². The van der Waals surface area contributed by atoms with Crippen LogP contribution in [0.3, 0.4) is 0 Å². The molecular weight excluding hydrogens is 196 g/mol. The van der Waals surface area contributed by atoms with Crippen molar-refractivity contribution in [3.8, 4) is 0 Å². The van der Waals surface area contributed by atoms with Crippen LogP contribution >= 0.6 is 0 Å². The van der Waals surface area contributed by atoms with Crippen LogP contribution in [-0.4, -0.2) is 21.5 Å². The van der Waals surface area contributed by atoms with E-state index >= 15 is 0 Å². The first-order valence-electron chi connectivity index (χ1n) is 4.59. The van der Waals surface area contributed by atoms with Gasteiger partial charge in [0.05, 0.1) is 5.56 Å². The number of aromatic nitrogens is 2. The van der Waals surface area contributed by atoms with Gasteiger partial charge in [0, 0.05) is 11.9 Å². The van der Waals surface area contributed by atoms with Crippen LogP contribution in [0.25, 0.3) is 0 Å². The molecule has 0 radical (unpaired) electrons. The molecule has 0 unspecified atom stereocenters. The maximum absolute atomic E-state index is 11.6. The standard InChI is InChI=1S/C10H14N2O3/c1-6-7(5-11-9(14)12-6)8(13)15-10(2,3)4/h5H,1-4H3,(H,11,12,14). The van der Waals surface area contributed by atoms with Crippen molar-refractivity contribution < 1.29 is 9.53 Å². The Kier molecular flexibility index (Phi) is 2.93. The average molecular weight is 210 g/mol. The first kappa shape index (κ1) is 11.4. The van der Waals surface area contributed by atoms with E-state index in [1.165, 1.54) is 6.20 Å². The maximum atomic E-state index is 11.6. The van der Waals surface area contributed by atoms with Crippen molar-refractivity contribution in [1.29, 1.82) is 0 Å². The molecule has 5 nitrogen and oxygen atoms in total. The van der Waals surface area contributed by atoms with Gasteiger partial charge in [0.2, 0.25) is 0 Å². The number of esters is 1. The number of H-pyrrole nitrogens is 1. The zero-order valence-electron chi connectivity index (χ0n) is 9.25. The van der Waals surface area contributed by atoms with Crippen molar-refractivity contribution in [2.75, 3.05) is 0 Å². The van der Waals surface area contributed by atoms with E-state index in [2.05, 4.69) is 9.97 Å². The summed E-state index contributed by atoms with van der Waals surface area (Å²) in [5.41, 5.74) is -0.284. The van der Waals surface area contributed by atoms with Crippen LogP contribution in [0.2, 0.25) is 0 Å². The van der Waals surface area contributed by atoms with Crippen LogP contribution < -0.4 is 5.69 Å². The summed E-state index contributed by atoms with van der Waals surface area (Å²) >= 11 is 0. The summed E-state index contributed by atoms with van der Waals surface area (Å²) in [5, 5.41) is 0. The number of ether oxygens (including phenoxy) is 1. The fourth-order valence-electron chi connectivity index (χ4n) is 1.02. The van der Waals surface area contributed by atoms with E-state index in [4.69, 9.17) is 4.74 Å². The van der Waals surface area contributed by atoms with Crippen molar-refractivity contribution in [1.82, 2.24) is 9.97 Å². The molecule has 1 aromatic heterocycles. The molecule has 0 fully saturated rings. The number of nitrogens with one attached hydrogen (secondary N) is 1. The van der Waals surface area contributed by atoms with Gasteiger partial charge in [0.1, 0.15) is 5.60 Å². The molecule has 1 aromatic rings. The number of hydrogen-bond donors (Lipinski definition) is 1. The summed E-state index contributed by atoms with van der Waals surface area (Å²) in [6.07, 6.45) is 1.22. The summed E-state index contributed by atoms with van der Waals surface area (Å²) in [5.74, 6) is -0.483. The van der Waals surface area contributed by atoms with E-state index in [-0.39, 0.29) is 5.56 Å². The Hall–Kier alpha value is -1.65. The fourth-order valence-corrected chi connectivity index (χ4v) is 1.02. The highest BCUT2D eigenvalue weighted by atomic mass is 16.6. The van der Waals surface area contributed by atoms with Gasteiger partial charge in [-0.3, -0.25) is 0 Å². The number of carbonyl (C=O) groups is 1. The third-order valence-corrected chi connectivity index (χ3v) is 1.63. The van der Waals surface area contributed by atoms with E-state index in [1.54, 1.807) is 27.7 Å². The van der Waals surface area contributed by atoms with Gasteiger partial charge < -0.3 is 9.72 Å². The van der Waals surface area contributed by atoms with Gasteiger partial charge in [-0.25, -0.2) is 14.6 Å². The molecule has 1 N–H and O–H groups in total. The number of nitrogens with zero attached hydrogens (tertiary/aromatic N) is 1. The molecule has 5 heteroatoms. The average Bonchev–Trinajstić information content (AvgIpc) is 1.99. The van der Waals surface area contributed by atoms with E-state index in [9.17, 15) is 9.59 Å². The van der Waals surface area contributed by atoms with Gasteiger partial charge in [0.25, 0.3) is 0 Å². The second kappa shape index (κ2) is 3.84. The molecular formula is C10H14N2O3. The molecule has 0 aliphatic carbocycles. The molecule has 0 spiro atoms. The summed E-state index contributed by atoms with van der Waals surface area (Å²) in [4.78, 5) is 28.4. The Labute approximate surface area is 87.5 Å². The molecule has 0 aliphatic heterocycles. The number of carbonyl (C=O) groups excluding carboxylic acids is 1. The van der Waals surface area contributed by atoms with Crippen LogP contribution in [0.4, 0.5) is 0 Å². The minimum absolute atomic E-state index is 0.282. The molecule has 0 saturated carbocycles. The predicted molar refractivity (Wildman–Crippen MR) is 54.8 cm³/mol. The highest BCUT2D eigenvalue weighted by Crippen LogP contribution is 2.12. The van der Waals surface area contributed by atoms with E-state index in [0.29, 0.717) is 5.69 Å². The molecule has 15 heavy (non-hydrogen) atoms. The topological polar surface area (TPSA) is 72.0 Å². The van der Waals surface area contributed by atoms with Crippen LogP contribution in [0, 0.1) is 6.92 Å². The zero-order valence-corrected chi connectivity index (χ0v) is 9.25. The van der Waals surface area contributed by atoms with Crippen molar-refractivity contribution in [3.05, 3.63) is 27.9 Å². The highest BCUT2D eigenvalue weighted by molar-refractivity contribution is 5.90. The second-order valence-corrected chi connectivity index (χ2v) is 4.23. The van der Waals surface area contributed by atoms with Crippen molar-refractivity contribution in [2.45, 2.75) is 33.3 Å². The minimum atomic E-state index is -0.556. The number of rotatable bonds is 1. The maximum Gasteiger partial charge on any atom is 0.345 e. The van der Waals surface area contributed by atoms with Gasteiger partial charge in [-0.2, -0.15) is 0 Å². The smallest absolute Gasteiger partial charge is 0.345 e. The van der Waals surface area contributed by atoms with E-state index in [1.807, 2.05) is 0 Å². The lowest BCUT2D eigenvalue weighted by molar-refractivity contribution is 0.00677. The van der Waals surface area contributed by atoms with E-state index < -0.39 is 17.3 Å². The molecule has 0 amide bonds. The third kappa shape index (κ3) is 3.19. The van der Waals surface area contributed by atoms with Gasteiger partial charge in [-0.1, -0.05) is 0 Å². The lowest BCUT2D eigenvalue weighted by Crippen LogP contribution is -2.25. The molecule has 82 valence electrons. The van der Waals surface area contributed by atoms with Crippen molar-refractivity contribution in [2.24, 2.45) is 0 Å². The Morgan fingerprint density at radius 2 is 2.07 bits per heavy atom. The Balaban J connectivity index is 2.97. The number of hydrogen-bond acceptors (Lipinski definition) is 4. The summed E-state index contributed by atoms with van der Waals surface area (Å²) in [6.45, 7) is 6.96. The highest BCUT2D eigenvalue weighted by Gasteiger charge is 2.19. The number of aromatic amines is 1. The first-order valence-corrected chi connectivity index (χ1v) is 4.59. The Morgan fingerprint density at radius 3 is 2.53 bits per heavy atom. The third-order valence-electron chi connectivity index (χ3n) is 1.63. The Morgan fingerprint density at radius 1 is 1.47 bits per heavy atom. The molecule has 0 atom stereocenters. The van der Waals surface area contributed by atoms with Gasteiger partial charge in [-0.05, 0) is 27.7 Å². The predicted octanol–water partition coefficient (Wildman–Crippen LogP) is 1.03. The molecule has 1 heterocycles. The van der Waals surface area contributed by atoms with Gasteiger partial charge >= 0.3 is 11.7 Å². The molecule has 0 bridgehead atoms. The molecule has 0 aliphatic rings. The fraction of sp³-hybridized carbons (Fsp3) is 0.500. The number of aryl methyl sites for hydroxylation is 1. The minimum Gasteiger partial charge on any atom is -0.456 e. The van der Waals surface area contributed by atoms with E-state index in [0.717, 1.165) is 0 Å². The Bertz CT molecular complexity index is 429. The van der Waals surface area contributed by atoms with Gasteiger partial charge in [-0.15, -0.1) is 0 Å². The molecule has 1 rings (SSSR count). The second-order valence-electron chi connectivity index (χ2n) is 4.23. The summed E-state index contributed by atoms with van der Waals surface area (Å²) in [7, 11) is 0. The van der Waals surface area contributed by atoms with Gasteiger partial charge in [0.15, 0.2) is 0 Å². The van der Waals surface area contributed by atoms with Crippen LogP contribution in [0.1, 0.15) is 36.8 Å². The van der Waals surface area contributed by atoms with Crippen LogP contribution in [0.15, 0.2) is 11.0 Å². The quantitative estimate of drug-likeness (QED) is 0.703. The summed E-state index contributed by atoms with van der Waals surface area (Å²) in [6, 6.07) is 0. The lowest BCUT2D eigenvalue weighted by atomic mass is 10.2. The SMILES string of the molecule is Cc1[nH]c(=O)ncc1C(=O)OC(C)(C)C. The normalized spacial score (nSPS) is 11.2. The zero-order chi connectivity index (χ0) is 11.6. The van der Waals surface area contributed by atoms with Crippen LogP contribution in [0.5, 0.6) is 0 Å². The summed E-state index contributed by atoms with van der Waals surface area (Å²) < 4.78 is 5.14. The van der Waals surface area contributed by atoms with Crippen LogP contribution in [-0.2, 0) is 4.74 Å². The van der Waals surface area contributed by atoms with Crippen molar-refractivity contribution >= 4 is 5.97 Å². The largest absolute Gasteiger partial charge is 0.456 e. The first-order chi connectivity index (χ1) is 6.79. The molecule has 0 aromatic carbocycles.